The molecule has 0 fully saturated rings. The molecule has 1 aromatic heterocycles. The van der Waals surface area contributed by atoms with E-state index in [1.165, 1.54) is 24.3 Å². The number of hydrogen-bond donors (Lipinski definition) is 2. The highest BCUT2D eigenvalue weighted by atomic mass is 35.5. The molecule has 1 aromatic carbocycles. The van der Waals surface area contributed by atoms with E-state index in [-0.39, 0.29) is 20.6 Å². The quantitative estimate of drug-likeness (QED) is 0.518. The van der Waals surface area contributed by atoms with Crippen LogP contribution in [0.4, 0.5) is 19.0 Å². The Morgan fingerprint density at radius 3 is 2.18 bits per heavy atom. The number of anilines is 1. The average molecular weight is 457 g/mol. The van der Waals surface area contributed by atoms with Crippen molar-refractivity contribution in [3.8, 4) is 0 Å². The molecule has 0 aliphatic heterocycles. The van der Waals surface area contributed by atoms with Crippen LogP contribution in [-0.2, 0) is 9.53 Å². The third-order valence-electron chi connectivity index (χ3n) is 3.44. The predicted octanol–water partition coefficient (Wildman–Crippen LogP) is 4.32. The Morgan fingerprint density at radius 1 is 1.07 bits per heavy atom. The minimum atomic E-state index is -5.34. The molecule has 0 saturated carbocycles. The number of nitrogens with one attached hydrogen (secondary N) is 2. The number of carbonyl (C=O) groups is 2. The van der Waals surface area contributed by atoms with E-state index in [1.807, 2.05) is 5.32 Å². The molecule has 1 amide bonds. The topological polar surface area (TPSA) is 80.3 Å². The zero-order valence-corrected chi connectivity index (χ0v) is 16.2. The van der Waals surface area contributed by atoms with Gasteiger partial charge >= 0.3 is 17.8 Å². The molecule has 1 heterocycles. The van der Waals surface area contributed by atoms with Gasteiger partial charge < -0.3 is 15.4 Å². The van der Waals surface area contributed by atoms with Gasteiger partial charge in [-0.2, -0.15) is 13.2 Å². The fraction of sp³-hybridized carbons (Fsp3) is 0.188. The Bertz CT molecular complexity index is 894. The van der Waals surface area contributed by atoms with Crippen LogP contribution in [0.2, 0.25) is 15.1 Å². The third kappa shape index (κ3) is 4.60. The number of nitrogens with zero attached hydrogens (tertiary/aromatic N) is 1. The van der Waals surface area contributed by atoms with Crippen LogP contribution >= 0.6 is 34.8 Å². The molecule has 0 aliphatic rings. The lowest BCUT2D eigenvalue weighted by atomic mass is 10.1. The number of ether oxygens (including phenoxy) is 1. The van der Waals surface area contributed by atoms with E-state index in [4.69, 9.17) is 34.8 Å². The predicted molar refractivity (Wildman–Crippen MR) is 97.6 cm³/mol. The first kappa shape index (κ1) is 22.1. The molecular formula is C16H11Cl3F3N3O3. The zero-order chi connectivity index (χ0) is 21.1. The van der Waals surface area contributed by atoms with Gasteiger partial charge in [-0.05, 0) is 30.3 Å². The summed E-state index contributed by atoms with van der Waals surface area (Å²) in [6.07, 6.45) is -4.33. The van der Waals surface area contributed by atoms with E-state index in [2.05, 4.69) is 9.72 Å². The first-order valence-corrected chi connectivity index (χ1v) is 8.46. The number of amides is 1. The summed E-state index contributed by atoms with van der Waals surface area (Å²) in [5, 5.41) is 3.46. The molecule has 28 heavy (non-hydrogen) atoms. The molecule has 0 aliphatic carbocycles. The molecule has 2 rings (SSSR count). The molecule has 2 aromatic rings. The monoisotopic (exact) mass is 455 g/mol. The average Bonchev–Trinajstić information content (AvgIpc) is 2.62. The fourth-order valence-corrected chi connectivity index (χ4v) is 2.63. The van der Waals surface area contributed by atoms with E-state index >= 15 is 0 Å². The Labute approximate surface area is 171 Å². The molecule has 1 atom stereocenters. The molecular weight excluding hydrogens is 446 g/mol. The number of halogens is 6. The second-order valence-electron chi connectivity index (χ2n) is 5.31. The second kappa shape index (κ2) is 8.42. The highest BCUT2D eigenvalue weighted by Gasteiger charge is 2.64. The van der Waals surface area contributed by atoms with Gasteiger partial charge in [-0.25, -0.2) is 9.78 Å². The van der Waals surface area contributed by atoms with Gasteiger partial charge in [0.1, 0.15) is 5.82 Å². The number of aromatic nitrogens is 1. The van der Waals surface area contributed by atoms with Gasteiger partial charge in [-0.15, -0.1) is 0 Å². The highest BCUT2D eigenvalue weighted by molar-refractivity contribution is 6.36. The first-order chi connectivity index (χ1) is 13.0. The van der Waals surface area contributed by atoms with Crippen LogP contribution < -0.4 is 10.6 Å². The normalized spacial score (nSPS) is 13.4. The van der Waals surface area contributed by atoms with Crippen molar-refractivity contribution in [3.05, 3.63) is 57.2 Å². The number of rotatable bonds is 5. The number of esters is 1. The van der Waals surface area contributed by atoms with Crippen molar-refractivity contribution in [1.82, 2.24) is 10.3 Å². The van der Waals surface area contributed by atoms with Crippen LogP contribution in [0.1, 0.15) is 10.4 Å². The maximum Gasteiger partial charge on any atom is 0.441 e. The van der Waals surface area contributed by atoms with Gasteiger partial charge in [0, 0.05) is 16.8 Å². The first-order valence-electron chi connectivity index (χ1n) is 7.32. The number of pyridine rings is 1. The summed E-state index contributed by atoms with van der Waals surface area (Å²) < 4.78 is 46.1. The summed E-state index contributed by atoms with van der Waals surface area (Å²) in [4.78, 5) is 28.2. The number of carbonyl (C=O) groups excluding carboxylic acids is 2. The fourth-order valence-electron chi connectivity index (χ4n) is 2.07. The van der Waals surface area contributed by atoms with Crippen LogP contribution in [0, 0.1) is 0 Å². The van der Waals surface area contributed by atoms with Gasteiger partial charge in [0.2, 0.25) is 0 Å². The number of benzene rings is 1. The minimum absolute atomic E-state index is 0.0522. The van der Waals surface area contributed by atoms with E-state index in [0.29, 0.717) is 0 Å². The van der Waals surface area contributed by atoms with Crippen molar-refractivity contribution >= 4 is 52.5 Å². The maximum absolute atomic E-state index is 14.0. The smallest absolute Gasteiger partial charge is 0.441 e. The number of methoxy groups -OCH3 is 1. The Hall–Kier alpha value is -2.23. The molecule has 0 unspecified atom stereocenters. The van der Waals surface area contributed by atoms with E-state index < -0.39 is 29.5 Å². The second-order valence-corrected chi connectivity index (χ2v) is 6.59. The van der Waals surface area contributed by atoms with Gasteiger partial charge in [0.05, 0.1) is 17.2 Å². The highest BCUT2D eigenvalue weighted by Crippen LogP contribution is 2.35. The summed E-state index contributed by atoms with van der Waals surface area (Å²) >= 11 is 17.2. The lowest BCUT2D eigenvalue weighted by Crippen LogP contribution is -2.69. The van der Waals surface area contributed by atoms with Crippen LogP contribution in [0.5, 0.6) is 0 Å². The van der Waals surface area contributed by atoms with Crippen molar-refractivity contribution in [2.45, 2.75) is 11.8 Å². The number of hydrogen-bond acceptors (Lipinski definition) is 5. The van der Waals surface area contributed by atoms with Gasteiger partial charge in [-0.3, -0.25) is 4.79 Å². The molecule has 0 saturated heterocycles. The maximum atomic E-state index is 14.0. The summed E-state index contributed by atoms with van der Waals surface area (Å²) in [5.41, 5.74) is -3.86. The van der Waals surface area contributed by atoms with E-state index in [0.717, 1.165) is 19.4 Å². The van der Waals surface area contributed by atoms with Crippen LogP contribution in [-0.4, -0.2) is 35.8 Å². The summed E-state index contributed by atoms with van der Waals surface area (Å²) in [6.45, 7) is 0. The minimum Gasteiger partial charge on any atom is -0.466 e. The summed E-state index contributed by atoms with van der Waals surface area (Å²) in [6, 6.07) is 6.08. The Balaban J connectivity index is 2.52. The summed E-state index contributed by atoms with van der Waals surface area (Å²) in [5.74, 6) is -3.61. The molecule has 12 heteroatoms. The van der Waals surface area contributed by atoms with Crippen molar-refractivity contribution in [2.24, 2.45) is 0 Å². The molecule has 2 N–H and O–H groups in total. The van der Waals surface area contributed by atoms with Crippen molar-refractivity contribution in [3.63, 3.8) is 0 Å². The largest absolute Gasteiger partial charge is 0.466 e. The standard InChI is InChI=1S/C16H11Cl3F3N3O3/c1-28-14(27)15(16(20,21)22,24-12-11(19)6-10(18)7-23-12)25-13(26)8-2-4-9(17)5-3-8/h2-7H,1H3,(H,23,24)(H,25,26)/t15-/m0/s1. The van der Waals surface area contributed by atoms with Crippen molar-refractivity contribution in [2.75, 3.05) is 12.4 Å². The SMILES string of the molecule is COC(=O)[C@@](NC(=O)c1ccc(Cl)cc1)(Nc1ncc(Cl)cc1Cl)C(F)(F)F. The number of alkyl halides is 3. The van der Waals surface area contributed by atoms with Gasteiger partial charge in [0.25, 0.3) is 5.91 Å². The lowest BCUT2D eigenvalue weighted by molar-refractivity contribution is -0.203. The van der Waals surface area contributed by atoms with E-state index in [1.54, 1.807) is 5.32 Å². The molecule has 0 spiro atoms. The molecule has 0 bridgehead atoms. The third-order valence-corrected chi connectivity index (χ3v) is 4.18. The Morgan fingerprint density at radius 2 is 1.68 bits per heavy atom. The van der Waals surface area contributed by atoms with Crippen molar-refractivity contribution in [1.29, 1.82) is 0 Å². The van der Waals surface area contributed by atoms with Gasteiger partial charge in [-0.1, -0.05) is 34.8 Å². The van der Waals surface area contributed by atoms with E-state index in [9.17, 15) is 22.8 Å². The molecule has 150 valence electrons. The van der Waals surface area contributed by atoms with Crippen molar-refractivity contribution < 1.29 is 27.5 Å². The zero-order valence-electron chi connectivity index (χ0n) is 13.9. The molecule has 6 nitrogen and oxygen atoms in total. The summed E-state index contributed by atoms with van der Waals surface area (Å²) in [7, 11) is 0.732. The Kier molecular flexibility index (Phi) is 6.63. The van der Waals surface area contributed by atoms with Crippen LogP contribution in [0.25, 0.3) is 0 Å². The molecule has 0 radical (unpaired) electrons. The van der Waals surface area contributed by atoms with Gasteiger partial charge in [0.15, 0.2) is 0 Å². The van der Waals surface area contributed by atoms with Crippen LogP contribution in [0.15, 0.2) is 36.5 Å². The van der Waals surface area contributed by atoms with Crippen LogP contribution in [0.3, 0.4) is 0 Å². The lowest BCUT2D eigenvalue weighted by Gasteiger charge is -2.34.